The second-order valence-electron chi connectivity index (χ2n) is 2.58. The number of hydrogen-bond acceptors (Lipinski definition) is 3. The summed E-state index contributed by atoms with van der Waals surface area (Å²) in [5.41, 5.74) is 0.373. The molecule has 0 saturated heterocycles. The van der Waals surface area contributed by atoms with Crippen molar-refractivity contribution in [2.75, 3.05) is 13.1 Å². The summed E-state index contributed by atoms with van der Waals surface area (Å²) in [7, 11) is 0. The van der Waals surface area contributed by atoms with Gasteiger partial charge >= 0.3 is 5.97 Å². The zero-order valence-corrected chi connectivity index (χ0v) is 7.95. The fourth-order valence-electron chi connectivity index (χ4n) is 0.632. The highest BCUT2D eigenvalue weighted by molar-refractivity contribution is 5.86. The Labute approximate surface area is 78.9 Å². The van der Waals surface area contributed by atoms with Gasteiger partial charge in [0.15, 0.2) is 0 Å². The van der Waals surface area contributed by atoms with Gasteiger partial charge in [-0.05, 0) is 6.92 Å². The van der Waals surface area contributed by atoms with E-state index in [-0.39, 0.29) is 0 Å². The monoisotopic (exact) mass is 181 g/mol. The molecule has 3 heteroatoms. The van der Waals surface area contributed by atoms with Crippen molar-refractivity contribution in [3.63, 3.8) is 0 Å². The molecule has 0 saturated carbocycles. The third-order valence-electron chi connectivity index (χ3n) is 1.23. The lowest BCUT2D eigenvalue weighted by molar-refractivity contribution is -0.180. The Bertz CT molecular complexity index is 211. The van der Waals surface area contributed by atoms with Gasteiger partial charge in [-0.15, -0.1) is 18.2 Å². The molecule has 13 heavy (non-hydrogen) atoms. The molecule has 0 rings (SSSR count). The highest BCUT2D eigenvalue weighted by atomic mass is 16.7. The van der Waals surface area contributed by atoms with E-state index in [4.69, 9.17) is 4.84 Å². The molecule has 72 valence electrons. The highest BCUT2D eigenvalue weighted by Gasteiger charge is 2.08. The van der Waals surface area contributed by atoms with E-state index < -0.39 is 5.97 Å². The highest BCUT2D eigenvalue weighted by Crippen LogP contribution is 1.97. The Balaban J connectivity index is 4.07. The Morgan fingerprint density at radius 1 is 1.38 bits per heavy atom. The molecule has 0 aromatic heterocycles. The topological polar surface area (TPSA) is 29.5 Å². The first-order valence-electron chi connectivity index (χ1n) is 3.96. The van der Waals surface area contributed by atoms with E-state index >= 15 is 0 Å². The first-order valence-corrected chi connectivity index (χ1v) is 3.96. The zero-order chi connectivity index (χ0) is 10.3. The second-order valence-corrected chi connectivity index (χ2v) is 2.58. The van der Waals surface area contributed by atoms with Crippen molar-refractivity contribution in [2.45, 2.75) is 6.92 Å². The lowest BCUT2D eigenvalue weighted by Crippen LogP contribution is -2.27. The number of carbonyl (C=O) groups is 1. The van der Waals surface area contributed by atoms with Crippen LogP contribution in [0.3, 0.4) is 0 Å². The van der Waals surface area contributed by atoms with Crippen LogP contribution in [0.4, 0.5) is 0 Å². The first-order chi connectivity index (χ1) is 6.11. The molecule has 0 aliphatic heterocycles. The SMILES string of the molecule is C=CCN(CC=C)OC(=O)C(=C)C. The van der Waals surface area contributed by atoms with Crippen molar-refractivity contribution in [2.24, 2.45) is 0 Å². The van der Waals surface area contributed by atoms with Crippen molar-refractivity contribution in [1.82, 2.24) is 5.06 Å². The van der Waals surface area contributed by atoms with E-state index in [0.29, 0.717) is 18.7 Å². The van der Waals surface area contributed by atoms with Crippen LogP contribution in [-0.2, 0) is 9.63 Å². The quantitative estimate of drug-likeness (QED) is 0.355. The van der Waals surface area contributed by atoms with Gasteiger partial charge < -0.3 is 4.84 Å². The summed E-state index contributed by atoms with van der Waals surface area (Å²) in [6, 6.07) is 0. The van der Waals surface area contributed by atoms with Crippen LogP contribution in [0.1, 0.15) is 6.92 Å². The fourth-order valence-corrected chi connectivity index (χ4v) is 0.632. The summed E-state index contributed by atoms with van der Waals surface area (Å²) in [6.45, 7) is 13.1. The Kier molecular flexibility index (Phi) is 5.55. The molecular formula is C10H15NO2. The smallest absolute Gasteiger partial charge is 0.352 e. The molecule has 0 fully saturated rings. The van der Waals surface area contributed by atoms with E-state index in [1.54, 1.807) is 19.1 Å². The van der Waals surface area contributed by atoms with Crippen LogP contribution >= 0.6 is 0 Å². The average molecular weight is 181 g/mol. The van der Waals surface area contributed by atoms with Crippen LogP contribution in [0.25, 0.3) is 0 Å². The minimum Gasteiger partial charge on any atom is -0.364 e. The molecule has 0 bridgehead atoms. The van der Waals surface area contributed by atoms with Crippen LogP contribution in [-0.4, -0.2) is 24.1 Å². The zero-order valence-electron chi connectivity index (χ0n) is 7.95. The van der Waals surface area contributed by atoms with Crippen molar-refractivity contribution >= 4 is 5.97 Å². The standard InChI is InChI=1S/C10H15NO2/c1-5-7-11(8-6-2)13-10(12)9(3)4/h5-6H,1-3,7-8H2,4H3. The van der Waals surface area contributed by atoms with Gasteiger partial charge in [-0.25, -0.2) is 4.79 Å². The maximum Gasteiger partial charge on any atom is 0.352 e. The fraction of sp³-hybridized carbons (Fsp3) is 0.300. The normalized spacial score (nSPS) is 9.38. The van der Waals surface area contributed by atoms with Crippen molar-refractivity contribution in [1.29, 1.82) is 0 Å². The molecule has 0 unspecified atom stereocenters. The lowest BCUT2D eigenvalue weighted by Gasteiger charge is -2.17. The predicted octanol–water partition coefficient (Wildman–Crippen LogP) is 1.69. The minimum atomic E-state index is -0.427. The van der Waals surface area contributed by atoms with E-state index in [1.807, 2.05) is 0 Å². The number of carbonyl (C=O) groups excluding carboxylic acids is 1. The molecule has 0 aromatic carbocycles. The van der Waals surface area contributed by atoms with Crippen LogP contribution in [0.15, 0.2) is 37.5 Å². The van der Waals surface area contributed by atoms with E-state index in [1.165, 1.54) is 5.06 Å². The average Bonchev–Trinajstić information content (AvgIpc) is 2.05. The van der Waals surface area contributed by atoms with Gasteiger partial charge in [0.2, 0.25) is 0 Å². The molecule has 0 heterocycles. The van der Waals surface area contributed by atoms with Crippen LogP contribution in [0, 0.1) is 0 Å². The Morgan fingerprint density at radius 2 is 1.85 bits per heavy atom. The third kappa shape index (κ3) is 4.98. The van der Waals surface area contributed by atoms with Crippen LogP contribution in [0.2, 0.25) is 0 Å². The number of nitrogens with zero attached hydrogens (tertiary/aromatic N) is 1. The van der Waals surface area contributed by atoms with Crippen molar-refractivity contribution in [3.8, 4) is 0 Å². The van der Waals surface area contributed by atoms with Gasteiger partial charge in [-0.1, -0.05) is 18.7 Å². The van der Waals surface area contributed by atoms with Gasteiger partial charge in [0.05, 0.1) is 13.1 Å². The second kappa shape index (κ2) is 6.20. The molecule has 0 spiro atoms. The molecule has 3 nitrogen and oxygen atoms in total. The third-order valence-corrected chi connectivity index (χ3v) is 1.23. The molecule has 0 atom stereocenters. The van der Waals surface area contributed by atoms with Gasteiger partial charge in [0.1, 0.15) is 0 Å². The van der Waals surface area contributed by atoms with Gasteiger partial charge in [-0.2, -0.15) is 0 Å². The Hall–Kier alpha value is -1.35. The number of hydroxylamine groups is 2. The minimum absolute atomic E-state index is 0.373. The summed E-state index contributed by atoms with van der Waals surface area (Å²) in [5, 5.41) is 1.46. The summed E-state index contributed by atoms with van der Waals surface area (Å²) in [5.74, 6) is -0.427. The predicted molar refractivity (Wildman–Crippen MR) is 52.9 cm³/mol. The lowest BCUT2D eigenvalue weighted by atomic mass is 10.4. The molecule has 0 aliphatic rings. The summed E-state index contributed by atoms with van der Waals surface area (Å²) in [4.78, 5) is 16.0. The van der Waals surface area contributed by atoms with Gasteiger partial charge in [0.25, 0.3) is 0 Å². The first kappa shape index (κ1) is 11.6. The number of rotatable bonds is 6. The van der Waals surface area contributed by atoms with Crippen molar-refractivity contribution in [3.05, 3.63) is 37.5 Å². The number of hydrogen-bond donors (Lipinski definition) is 0. The van der Waals surface area contributed by atoms with Gasteiger partial charge in [0, 0.05) is 5.57 Å². The molecule has 0 aliphatic carbocycles. The van der Waals surface area contributed by atoms with Crippen molar-refractivity contribution < 1.29 is 9.63 Å². The molecule has 0 radical (unpaired) electrons. The van der Waals surface area contributed by atoms with Crippen LogP contribution < -0.4 is 0 Å². The Morgan fingerprint density at radius 3 is 2.15 bits per heavy atom. The molecule has 0 aromatic rings. The summed E-state index contributed by atoms with van der Waals surface area (Å²) in [6.07, 6.45) is 3.30. The molecule has 0 amide bonds. The van der Waals surface area contributed by atoms with E-state index in [2.05, 4.69) is 19.7 Å². The molecule has 0 N–H and O–H groups in total. The molecular weight excluding hydrogens is 166 g/mol. The largest absolute Gasteiger partial charge is 0.364 e. The summed E-state index contributed by atoms with van der Waals surface area (Å²) >= 11 is 0. The summed E-state index contributed by atoms with van der Waals surface area (Å²) < 4.78 is 0. The van der Waals surface area contributed by atoms with E-state index in [9.17, 15) is 4.79 Å². The van der Waals surface area contributed by atoms with E-state index in [0.717, 1.165) is 0 Å². The maximum atomic E-state index is 11.1. The maximum absolute atomic E-state index is 11.1. The van der Waals surface area contributed by atoms with Crippen LogP contribution in [0.5, 0.6) is 0 Å². The van der Waals surface area contributed by atoms with Gasteiger partial charge in [-0.3, -0.25) is 0 Å².